The number of nitrogens with one attached hydrogen (secondary N) is 1. The monoisotopic (exact) mass is 530 g/mol. The molecule has 0 saturated carbocycles. The zero-order chi connectivity index (χ0) is 25.4. The van der Waals surface area contributed by atoms with Crippen LogP contribution < -0.4 is 5.32 Å². The molecule has 7 heteroatoms. The van der Waals surface area contributed by atoms with Gasteiger partial charge in [-0.3, -0.25) is 9.59 Å². The van der Waals surface area contributed by atoms with Crippen LogP contribution in [0.3, 0.4) is 0 Å². The van der Waals surface area contributed by atoms with Crippen LogP contribution in [0.1, 0.15) is 37.0 Å². The van der Waals surface area contributed by atoms with Crippen LogP contribution in [0.4, 0.5) is 0 Å². The number of hydrogen-bond donors (Lipinski definition) is 1. The summed E-state index contributed by atoms with van der Waals surface area (Å²) in [6.45, 7) is 4.16. The van der Waals surface area contributed by atoms with Crippen molar-refractivity contribution in [3.8, 4) is 0 Å². The van der Waals surface area contributed by atoms with Gasteiger partial charge in [-0.1, -0.05) is 96.3 Å². The maximum Gasteiger partial charge on any atom is 0.243 e. The molecule has 0 aromatic heterocycles. The van der Waals surface area contributed by atoms with Crippen molar-refractivity contribution < 1.29 is 9.59 Å². The quantitative estimate of drug-likeness (QED) is 0.315. The summed E-state index contributed by atoms with van der Waals surface area (Å²) in [4.78, 5) is 28.9. The molecular formula is C28H29Cl3N2O2. The Morgan fingerprint density at radius 2 is 1.54 bits per heavy atom. The second kappa shape index (κ2) is 13.0. The number of hydrogen-bond acceptors (Lipinski definition) is 2. The summed E-state index contributed by atoms with van der Waals surface area (Å²) >= 11 is 18.7. The van der Waals surface area contributed by atoms with Crippen LogP contribution in [0.25, 0.3) is 0 Å². The van der Waals surface area contributed by atoms with Crippen molar-refractivity contribution in [3.05, 3.63) is 105 Å². The molecule has 0 aliphatic carbocycles. The van der Waals surface area contributed by atoms with Crippen molar-refractivity contribution in [2.24, 2.45) is 0 Å². The first-order valence-corrected chi connectivity index (χ1v) is 12.7. The van der Waals surface area contributed by atoms with E-state index in [1.165, 1.54) is 0 Å². The minimum atomic E-state index is -0.724. The van der Waals surface area contributed by atoms with Crippen molar-refractivity contribution in [1.82, 2.24) is 10.2 Å². The fourth-order valence-corrected chi connectivity index (χ4v) is 4.25. The summed E-state index contributed by atoms with van der Waals surface area (Å²) in [5, 5.41) is 4.41. The summed E-state index contributed by atoms with van der Waals surface area (Å²) in [7, 11) is 0. The van der Waals surface area contributed by atoms with Gasteiger partial charge in [-0.25, -0.2) is 0 Å². The van der Waals surface area contributed by atoms with E-state index >= 15 is 0 Å². The normalized spacial score (nSPS) is 12.6. The average Bonchev–Trinajstić information content (AvgIpc) is 2.85. The predicted molar refractivity (Wildman–Crippen MR) is 144 cm³/mol. The lowest BCUT2D eigenvalue weighted by molar-refractivity contribution is -0.141. The minimum Gasteiger partial charge on any atom is -0.352 e. The van der Waals surface area contributed by atoms with Crippen LogP contribution in [0.15, 0.2) is 72.8 Å². The summed E-state index contributed by atoms with van der Waals surface area (Å²) in [6, 6.07) is 21.4. The molecule has 3 rings (SSSR count). The highest BCUT2D eigenvalue weighted by molar-refractivity contribution is 6.42. The number of amides is 2. The molecule has 3 aromatic rings. The number of carbonyl (C=O) groups excluding carboxylic acids is 2. The van der Waals surface area contributed by atoms with E-state index < -0.39 is 6.04 Å². The van der Waals surface area contributed by atoms with Crippen molar-refractivity contribution in [1.29, 1.82) is 0 Å². The maximum absolute atomic E-state index is 13.7. The zero-order valence-electron chi connectivity index (χ0n) is 19.8. The molecule has 0 aliphatic heterocycles. The first kappa shape index (κ1) is 27.1. The van der Waals surface area contributed by atoms with Gasteiger partial charge in [0.05, 0.1) is 16.5 Å². The van der Waals surface area contributed by atoms with E-state index in [2.05, 4.69) is 5.32 Å². The molecule has 1 N–H and O–H groups in total. The van der Waals surface area contributed by atoms with Crippen LogP contribution in [-0.4, -0.2) is 28.8 Å². The largest absolute Gasteiger partial charge is 0.352 e. The number of benzene rings is 3. The third kappa shape index (κ3) is 7.73. The molecule has 184 valence electrons. The number of carbonyl (C=O) groups is 2. The average molecular weight is 532 g/mol. The molecule has 0 unspecified atom stereocenters. The summed E-state index contributed by atoms with van der Waals surface area (Å²) < 4.78 is 0. The Labute approximate surface area is 222 Å². The lowest BCUT2D eigenvalue weighted by atomic mass is 10.0. The highest BCUT2D eigenvalue weighted by Gasteiger charge is 2.31. The zero-order valence-corrected chi connectivity index (χ0v) is 22.1. The highest BCUT2D eigenvalue weighted by Crippen LogP contribution is 2.25. The van der Waals surface area contributed by atoms with Gasteiger partial charge in [0.25, 0.3) is 0 Å². The smallest absolute Gasteiger partial charge is 0.243 e. The fraction of sp³-hybridized carbons (Fsp3) is 0.286. The minimum absolute atomic E-state index is 0.0203. The Balaban J connectivity index is 1.99. The molecule has 35 heavy (non-hydrogen) atoms. The van der Waals surface area contributed by atoms with Crippen LogP contribution in [0.5, 0.6) is 0 Å². The Kier molecular flexibility index (Phi) is 10.0. The van der Waals surface area contributed by atoms with Crippen molar-refractivity contribution in [3.63, 3.8) is 0 Å². The van der Waals surface area contributed by atoms with E-state index in [4.69, 9.17) is 34.8 Å². The summed E-state index contributed by atoms with van der Waals surface area (Å²) in [5.41, 5.74) is 2.45. The maximum atomic E-state index is 13.7. The molecule has 2 amide bonds. The molecule has 4 nitrogen and oxygen atoms in total. The van der Waals surface area contributed by atoms with E-state index in [0.29, 0.717) is 27.1 Å². The third-order valence-corrected chi connectivity index (χ3v) is 7.02. The Hall–Kier alpha value is -2.53. The van der Waals surface area contributed by atoms with Gasteiger partial charge < -0.3 is 10.2 Å². The molecule has 0 radical (unpaired) electrons. The first-order chi connectivity index (χ1) is 16.8. The molecular weight excluding hydrogens is 503 g/mol. The van der Waals surface area contributed by atoms with Crippen molar-refractivity contribution in [2.45, 2.75) is 51.7 Å². The van der Waals surface area contributed by atoms with Crippen LogP contribution in [-0.2, 0) is 29.0 Å². The van der Waals surface area contributed by atoms with E-state index in [0.717, 1.165) is 17.5 Å². The highest BCUT2D eigenvalue weighted by atomic mass is 35.5. The first-order valence-electron chi connectivity index (χ1n) is 11.6. The van der Waals surface area contributed by atoms with Gasteiger partial charge in [0.15, 0.2) is 0 Å². The van der Waals surface area contributed by atoms with E-state index in [1.54, 1.807) is 29.2 Å². The number of halogens is 3. The van der Waals surface area contributed by atoms with Crippen molar-refractivity contribution in [2.75, 3.05) is 0 Å². The SMILES string of the molecule is CC[C@H](C)NC(=O)[C@@H](Cc1ccccc1)N(Cc1ccccc1Cl)C(=O)Cc1ccc(Cl)c(Cl)c1. The second-order valence-electron chi connectivity index (χ2n) is 8.56. The van der Waals surface area contributed by atoms with Gasteiger partial charge >= 0.3 is 0 Å². The Morgan fingerprint density at radius 1 is 0.857 bits per heavy atom. The van der Waals surface area contributed by atoms with E-state index in [9.17, 15) is 9.59 Å². The molecule has 0 bridgehead atoms. The fourth-order valence-electron chi connectivity index (χ4n) is 3.73. The van der Waals surface area contributed by atoms with Crippen LogP contribution in [0, 0.1) is 0 Å². The number of nitrogens with zero attached hydrogens (tertiary/aromatic N) is 1. The van der Waals surface area contributed by atoms with Gasteiger partial charge in [0.1, 0.15) is 6.04 Å². The van der Waals surface area contributed by atoms with Gasteiger partial charge in [-0.2, -0.15) is 0 Å². The van der Waals surface area contributed by atoms with Gasteiger partial charge in [0.2, 0.25) is 11.8 Å². The molecule has 2 atom stereocenters. The molecule has 0 spiro atoms. The summed E-state index contributed by atoms with van der Waals surface area (Å²) in [6.07, 6.45) is 1.23. The molecule has 3 aromatic carbocycles. The lowest BCUT2D eigenvalue weighted by Crippen LogP contribution is -2.52. The van der Waals surface area contributed by atoms with Crippen LogP contribution >= 0.6 is 34.8 Å². The molecule has 0 heterocycles. The molecule has 0 saturated heterocycles. The molecule has 0 aliphatic rings. The van der Waals surface area contributed by atoms with Gasteiger partial charge in [0, 0.05) is 24.0 Å². The van der Waals surface area contributed by atoms with Crippen molar-refractivity contribution >= 4 is 46.6 Å². The standard InChI is InChI=1S/C28H29Cl3N2O2/c1-3-19(2)32-28(35)26(16-20-9-5-4-6-10-20)33(18-22-11-7-8-12-23(22)29)27(34)17-21-13-14-24(30)25(31)15-21/h4-15,19,26H,3,16-18H2,1-2H3,(H,32,35)/t19-,26+/m0/s1. The van der Waals surface area contributed by atoms with E-state index in [-0.39, 0.29) is 30.8 Å². The topological polar surface area (TPSA) is 49.4 Å². The summed E-state index contributed by atoms with van der Waals surface area (Å²) in [5.74, 6) is -0.402. The predicted octanol–water partition coefficient (Wildman–Crippen LogP) is 6.74. The lowest BCUT2D eigenvalue weighted by Gasteiger charge is -2.32. The van der Waals surface area contributed by atoms with Gasteiger partial charge in [-0.05, 0) is 48.2 Å². The Morgan fingerprint density at radius 3 is 2.20 bits per heavy atom. The Bertz CT molecular complexity index is 1150. The van der Waals surface area contributed by atoms with E-state index in [1.807, 2.05) is 62.4 Å². The van der Waals surface area contributed by atoms with Crippen LogP contribution in [0.2, 0.25) is 15.1 Å². The molecule has 0 fully saturated rings. The second-order valence-corrected chi connectivity index (χ2v) is 9.78. The third-order valence-electron chi connectivity index (χ3n) is 5.91. The van der Waals surface area contributed by atoms with Gasteiger partial charge in [-0.15, -0.1) is 0 Å². The number of rotatable bonds is 10.